The summed E-state index contributed by atoms with van der Waals surface area (Å²) in [5, 5.41) is 3.07. The van der Waals surface area contributed by atoms with Gasteiger partial charge in [-0.05, 0) is 75.8 Å². The summed E-state index contributed by atoms with van der Waals surface area (Å²) in [7, 11) is -4.23. The van der Waals surface area contributed by atoms with Crippen LogP contribution in [0, 0.1) is 23.2 Å². The second kappa shape index (κ2) is 7.21. The average Bonchev–Trinajstić information content (AvgIpc) is 2.63. The Morgan fingerprint density at radius 3 is 2.33 bits per heavy atom. The molecule has 2 unspecified atom stereocenters. The molecular formula is C21H27ClN2O5S. The molecule has 4 fully saturated rings. The number of rotatable bonds is 6. The third-order valence-electron chi connectivity index (χ3n) is 7.06. The van der Waals surface area contributed by atoms with Gasteiger partial charge in [-0.15, -0.1) is 0 Å². The molecule has 0 aromatic heterocycles. The van der Waals surface area contributed by atoms with E-state index in [1.54, 1.807) is 6.07 Å². The minimum atomic E-state index is -4.23. The number of hydrogen-bond acceptors (Lipinski definition) is 5. The van der Waals surface area contributed by atoms with Crippen LogP contribution in [0.2, 0.25) is 5.02 Å². The number of nitrogens with one attached hydrogen (secondary N) is 1. The third kappa shape index (κ3) is 3.63. The van der Waals surface area contributed by atoms with Gasteiger partial charge in [0, 0.05) is 11.5 Å². The smallest absolute Gasteiger partial charge is 0.299 e. The normalized spacial score (nSPS) is 32.8. The molecule has 3 N–H and O–H groups in total. The van der Waals surface area contributed by atoms with E-state index in [4.69, 9.17) is 21.5 Å². The van der Waals surface area contributed by atoms with E-state index in [0.29, 0.717) is 18.8 Å². The Balaban J connectivity index is 1.49. The van der Waals surface area contributed by atoms with Gasteiger partial charge in [0.15, 0.2) is 5.60 Å². The standard InChI is InChI=1S/C21H27ClN2O5S/c1-20(2,29-30(27,28)16-6-4-3-5-15(16)22)19(26)24-17-13-7-12-8-14(17)11-21(9-12,10-13)18(23)25/h3-6,12-14,17H,7-11H2,1-2H3,(H2,23,25)(H,24,26)/t12?,13?,14?,17-,21+. The van der Waals surface area contributed by atoms with Crippen molar-refractivity contribution < 1.29 is 22.2 Å². The summed E-state index contributed by atoms with van der Waals surface area (Å²) in [6, 6.07) is 5.84. The highest BCUT2D eigenvalue weighted by molar-refractivity contribution is 7.87. The summed E-state index contributed by atoms with van der Waals surface area (Å²) >= 11 is 6.00. The van der Waals surface area contributed by atoms with Crippen molar-refractivity contribution >= 4 is 33.5 Å². The number of primary amides is 1. The van der Waals surface area contributed by atoms with Crippen molar-refractivity contribution in [3.63, 3.8) is 0 Å². The Morgan fingerprint density at radius 2 is 1.77 bits per heavy atom. The van der Waals surface area contributed by atoms with Crippen molar-refractivity contribution in [2.45, 2.75) is 62.5 Å². The summed E-state index contributed by atoms with van der Waals surface area (Å²) in [6.07, 6.45) is 4.12. The van der Waals surface area contributed by atoms with Crippen LogP contribution in [-0.2, 0) is 23.9 Å². The van der Waals surface area contributed by atoms with E-state index in [2.05, 4.69) is 5.32 Å². The van der Waals surface area contributed by atoms with Gasteiger partial charge in [-0.25, -0.2) is 0 Å². The summed E-state index contributed by atoms with van der Waals surface area (Å²) in [6.45, 7) is 2.86. The van der Waals surface area contributed by atoms with E-state index < -0.39 is 27.0 Å². The molecule has 2 amide bonds. The number of hydrogen-bond donors (Lipinski definition) is 2. The second-order valence-electron chi connectivity index (χ2n) is 9.59. The quantitative estimate of drug-likeness (QED) is 0.641. The summed E-state index contributed by atoms with van der Waals surface area (Å²) in [4.78, 5) is 25.0. The molecule has 5 rings (SSSR count). The zero-order valence-electron chi connectivity index (χ0n) is 17.1. The van der Waals surface area contributed by atoms with Crippen molar-refractivity contribution in [1.82, 2.24) is 5.32 Å². The lowest BCUT2D eigenvalue weighted by molar-refractivity contribution is -0.150. The first-order valence-corrected chi connectivity index (χ1v) is 12.0. The van der Waals surface area contributed by atoms with Crippen LogP contribution in [-0.4, -0.2) is 31.9 Å². The molecular weight excluding hydrogens is 428 g/mol. The fourth-order valence-corrected chi connectivity index (χ4v) is 7.58. The van der Waals surface area contributed by atoms with Gasteiger partial charge in [-0.2, -0.15) is 8.42 Å². The molecule has 0 heterocycles. The first-order chi connectivity index (χ1) is 13.9. The molecule has 0 radical (unpaired) electrons. The minimum absolute atomic E-state index is 0.0338. The Hall–Kier alpha value is -1.64. The molecule has 164 valence electrons. The van der Waals surface area contributed by atoms with Gasteiger partial charge in [0.05, 0.1) is 5.02 Å². The zero-order valence-corrected chi connectivity index (χ0v) is 18.6. The predicted molar refractivity (Wildman–Crippen MR) is 111 cm³/mol. The van der Waals surface area contributed by atoms with Crippen molar-refractivity contribution in [3.8, 4) is 0 Å². The molecule has 2 atom stereocenters. The summed E-state index contributed by atoms with van der Waals surface area (Å²) < 4.78 is 30.7. The Kier molecular flexibility index (Phi) is 5.19. The van der Waals surface area contributed by atoms with Crippen molar-refractivity contribution in [1.29, 1.82) is 0 Å². The van der Waals surface area contributed by atoms with E-state index in [1.165, 1.54) is 32.0 Å². The fraction of sp³-hybridized carbons (Fsp3) is 0.619. The molecule has 7 nitrogen and oxygen atoms in total. The van der Waals surface area contributed by atoms with Gasteiger partial charge in [0.25, 0.3) is 16.0 Å². The SMILES string of the molecule is CC(C)(OS(=O)(=O)c1ccccc1Cl)C(=O)N[C@H]1C2CC3CC1C[C@@](C(N)=O)(C3)C2. The Morgan fingerprint density at radius 1 is 1.17 bits per heavy atom. The molecule has 0 spiro atoms. The maximum Gasteiger partial charge on any atom is 0.299 e. The Labute approximate surface area is 181 Å². The van der Waals surface area contributed by atoms with Crippen LogP contribution >= 0.6 is 11.6 Å². The summed E-state index contributed by atoms with van der Waals surface area (Å²) in [5.41, 5.74) is 3.66. The number of carbonyl (C=O) groups excluding carboxylic acids is 2. The topological polar surface area (TPSA) is 116 Å². The number of benzene rings is 1. The second-order valence-corrected chi connectivity index (χ2v) is 11.5. The van der Waals surface area contributed by atoms with Crippen molar-refractivity contribution in [2.24, 2.45) is 28.9 Å². The van der Waals surface area contributed by atoms with Crippen LogP contribution in [0.4, 0.5) is 0 Å². The maximum atomic E-state index is 13.0. The molecule has 30 heavy (non-hydrogen) atoms. The highest BCUT2D eigenvalue weighted by atomic mass is 35.5. The van der Waals surface area contributed by atoms with Gasteiger partial charge in [-0.3, -0.25) is 13.8 Å². The molecule has 4 saturated carbocycles. The summed E-state index contributed by atoms with van der Waals surface area (Å²) in [5.74, 6) is 0.0743. The number of carbonyl (C=O) groups is 2. The highest BCUT2D eigenvalue weighted by Gasteiger charge is 2.58. The molecule has 0 saturated heterocycles. The van der Waals surface area contributed by atoms with Crippen LogP contribution in [0.1, 0.15) is 46.0 Å². The van der Waals surface area contributed by atoms with Crippen LogP contribution in [0.15, 0.2) is 29.2 Å². The molecule has 4 aliphatic carbocycles. The van der Waals surface area contributed by atoms with E-state index in [-0.39, 0.29) is 33.7 Å². The zero-order chi connectivity index (χ0) is 21.9. The average molecular weight is 455 g/mol. The van der Waals surface area contributed by atoms with Gasteiger partial charge in [0.2, 0.25) is 5.91 Å². The largest absolute Gasteiger partial charge is 0.369 e. The monoisotopic (exact) mass is 454 g/mol. The van der Waals surface area contributed by atoms with Gasteiger partial charge < -0.3 is 11.1 Å². The van der Waals surface area contributed by atoms with Crippen molar-refractivity contribution in [2.75, 3.05) is 0 Å². The molecule has 4 aliphatic rings. The van der Waals surface area contributed by atoms with E-state index in [0.717, 1.165) is 19.3 Å². The van der Waals surface area contributed by atoms with E-state index in [1.807, 2.05) is 0 Å². The number of nitrogens with two attached hydrogens (primary N) is 1. The lowest BCUT2D eigenvalue weighted by atomic mass is 9.47. The number of amides is 2. The molecule has 1 aromatic carbocycles. The van der Waals surface area contributed by atoms with Crippen molar-refractivity contribution in [3.05, 3.63) is 29.3 Å². The molecule has 4 bridgehead atoms. The van der Waals surface area contributed by atoms with Crippen LogP contribution in [0.3, 0.4) is 0 Å². The van der Waals surface area contributed by atoms with Gasteiger partial charge >= 0.3 is 0 Å². The molecule has 1 aromatic rings. The lowest BCUT2D eigenvalue weighted by Gasteiger charge is -2.59. The molecule has 9 heteroatoms. The highest BCUT2D eigenvalue weighted by Crippen LogP contribution is 2.60. The predicted octanol–water partition coefficient (Wildman–Crippen LogP) is 2.62. The lowest BCUT2D eigenvalue weighted by Crippen LogP contribution is -2.63. The van der Waals surface area contributed by atoms with Gasteiger partial charge in [0.1, 0.15) is 4.90 Å². The van der Waals surface area contributed by atoms with Crippen LogP contribution in [0.5, 0.6) is 0 Å². The van der Waals surface area contributed by atoms with E-state index in [9.17, 15) is 18.0 Å². The molecule has 0 aliphatic heterocycles. The fourth-order valence-electron chi connectivity index (χ4n) is 5.89. The first-order valence-electron chi connectivity index (χ1n) is 10.2. The van der Waals surface area contributed by atoms with Gasteiger partial charge in [-0.1, -0.05) is 23.7 Å². The van der Waals surface area contributed by atoms with Crippen LogP contribution in [0.25, 0.3) is 0 Å². The van der Waals surface area contributed by atoms with E-state index >= 15 is 0 Å². The minimum Gasteiger partial charge on any atom is -0.369 e. The first kappa shape index (κ1) is 21.6. The number of halogens is 1. The third-order valence-corrected chi connectivity index (χ3v) is 9.04. The van der Waals surface area contributed by atoms with Crippen LogP contribution < -0.4 is 11.1 Å². The Bertz CT molecular complexity index is 977. The maximum absolute atomic E-state index is 13.0.